The lowest BCUT2D eigenvalue weighted by molar-refractivity contribution is 0.0467. The Balaban J connectivity index is 2.51. The second kappa shape index (κ2) is 7.24. The summed E-state index contributed by atoms with van der Waals surface area (Å²) in [5.74, 6) is 0. The molecule has 0 aliphatic heterocycles. The lowest BCUT2D eigenvalue weighted by atomic mass is 9.79. The molecule has 1 rings (SSSR count). The van der Waals surface area contributed by atoms with Gasteiger partial charge in [-0.3, -0.25) is 0 Å². The Morgan fingerprint density at radius 3 is 2.30 bits per heavy atom. The van der Waals surface area contributed by atoms with E-state index in [0.717, 1.165) is 19.3 Å². The van der Waals surface area contributed by atoms with Crippen LogP contribution in [0.25, 0.3) is 0 Å². The normalized spacial score (nSPS) is 16.7. The van der Waals surface area contributed by atoms with E-state index in [0.29, 0.717) is 12.6 Å². The van der Waals surface area contributed by atoms with E-state index in [1.54, 1.807) is 0 Å². The van der Waals surface area contributed by atoms with Crippen LogP contribution in [-0.2, 0) is 5.41 Å². The second-order valence-electron chi connectivity index (χ2n) is 6.98. The average molecular weight is 277 g/mol. The molecule has 1 aromatic rings. The molecule has 0 aliphatic rings. The molecule has 2 N–H and O–H groups in total. The van der Waals surface area contributed by atoms with Crippen LogP contribution in [0.15, 0.2) is 30.3 Å². The molecular weight excluding hydrogens is 246 g/mol. The topological polar surface area (TPSA) is 32.3 Å². The van der Waals surface area contributed by atoms with Crippen LogP contribution in [0.4, 0.5) is 0 Å². The Morgan fingerprint density at radius 1 is 1.15 bits per heavy atom. The lowest BCUT2D eigenvalue weighted by Gasteiger charge is -2.31. The fraction of sp³-hybridized carbons (Fsp3) is 0.667. The van der Waals surface area contributed by atoms with Crippen molar-refractivity contribution in [2.75, 3.05) is 6.54 Å². The largest absolute Gasteiger partial charge is 0.389 e. The molecule has 0 saturated carbocycles. The van der Waals surface area contributed by atoms with Gasteiger partial charge in [0.25, 0.3) is 0 Å². The van der Waals surface area contributed by atoms with Crippen molar-refractivity contribution in [1.82, 2.24) is 5.32 Å². The van der Waals surface area contributed by atoms with Crippen molar-refractivity contribution < 1.29 is 5.11 Å². The monoisotopic (exact) mass is 277 g/mol. The molecule has 0 aromatic heterocycles. The molecule has 2 unspecified atom stereocenters. The fourth-order valence-electron chi connectivity index (χ4n) is 2.87. The van der Waals surface area contributed by atoms with Gasteiger partial charge in [0.05, 0.1) is 5.60 Å². The van der Waals surface area contributed by atoms with Crippen LogP contribution in [0.1, 0.15) is 59.4 Å². The van der Waals surface area contributed by atoms with Crippen LogP contribution in [0, 0.1) is 0 Å². The van der Waals surface area contributed by atoms with Crippen molar-refractivity contribution in [2.24, 2.45) is 0 Å². The number of rotatable bonds is 8. The number of aliphatic hydroxyl groups is 1. The summed E-state index contributed by atoms with van der Waals surface area (Å²) in [6.07, 6.45) is 2.91. The maximum Gasteiger partial charge on any atom is 0.0743 e. The predicted molar refractivity (Wildman–Crippen MR) is 87.1 cm³/mol. The number of nitrogens with one attached hydrogen (secondary N) is 1. The summed E-state index contributed by atoms with van der Waals surface area (Å²) in [5, 5.41) is 13.7. The molecular formula is C18H31NO. The Bertz CT molecular complexity index is 384. The van der Waals surface area contributed by atoms with Crippen molar-refractivity contribution in [3.05, 3.63) is 35.9 Å². The third kappa shape index (κ3) is 5.64. The third-order valence-corrected chi connectivity index (χ3v) is 3.99. The number of hydrogen-bond donors (Lipinski definition) is 2. The fourth-order valence-corrected chi connectivity index (χ4v) is 2.87. The molecule has 0 amide bonds. The summed E-state index contributed by atoms with van der Waals surface area (Å²) in [6, 6.07) is 11.0. The zero-order valence-electron chi connectivity index (χ0n) is 13.7. The second-order valence-corrected chi connectivity index (χ2v) is 6.98. The molecule has 114 valence electrons. The maximum atomic E-state index is 10.2. The van der Waals surface area contributed by atoms with E-state index in [2.05, 4.69) is 63.3 Å². The molecule has 2 atom stereocenters. The van der Waals surface area contributed by atoms with Gasteiger partial charge in [-0.05, 0) is 37.7 Å². The van der Waals surface area contributed by atoms with Crippen LogP contribution in [-0.4, -0.2) is 23.3 Å². The van der Waals surface area contributed by atoms with Gasteiger partial charge in [0, 0.05) is 12.6 Å². The Morgan fingerprint density at radius 2 is 1.75 bits per heavy atom. The van der Waals surface area contributed by atoms with E-state index in [4.69, 9.17) is 0 Å². The van der Waals surface area contributed by atoms with Gasteiger partial charge < -0.3 is 10.4 Å². The Kier molecular flexibility index (Phi) is 6.22. The Labute approximate surface area is 124 Å². The molecule has 0 aliphatic carbocycles. The van der Waals surface area contributed by atoms with E-state index >= 15 is 0 Å². The van der Waals surface area contributed by atoms with Crippen LogP contribution in [0.3, 0.4) is 0 Å². The van der Waals surface area contributed by atoms with Gasteiger partial charge in [0.15, 0.2) is 0 Å². The highest BCUT2D eigenvalue weighted by Crippen LogP contribution is 2.28. The first-order valence-electron chi connectivity index (χ1n) is 7.78. The summed E-state index contributed by atoms with van der Waals surface area (Å²) in [6.45, 7) is 11.4. The Hall–Kier alpha value is -0.860. The number of benzene rings is 1. The lowest BCUT2D eigenvalue weighted by Crippen LogP contribution is -2.43. The van der Waals surface area contributed by atoms with Gasteiger partial charge in [-0.25, -0.2) is 0 Å². The molecule has 20 heavy (non-hydrogen) atoms. The minimum Gasteiger partial charge on any atom is -0.389 e. The van der Waals surface area contributed by atoms with Crippen molar-refractivity contribution >= 4 is 0 Å². The van der Waals surface area contributed by atoms with Crippen LogP contribution in [0.5, 0.6) is 0 Å². The van der Waals surface area contributed by atoms with Crippen LogP contribution < -0.4 is 5.32 Å². The smallest absolute Gasteiger partial charge is 0.0743 e. The summed E-state index contributed by atoms with van der Waals surface area (Å²) >= 11 is 0. The van der Waals surface area contributed by atoms with Crippen molar-refractivity contribution in [3.8, 4) is 0 Å². The van der Waals surface area contributed by atoms with E-state index < -0.39 is 5.60 Å². The first-order chi connectivity index (χ1) is 9.27. The van der Waals surface area contributed by atoms with Gasteiger partial charge in [-0.2, -0.15) is 0 Å². The van der Waals surface area contributed by atoms with Gasteiger partial charge in [-0.1, -0.05) is 57.5 Å². The highest BCUT2D eigenvalue weighted by atomic mass is 16.3. The minimum absolute atomic E-state index is 0.143. The molecule has 2 heteroatoms. The van der Waals surface area contributed by atoms with E-state index in [1.165, 1.54) is 5.56 Å². The summed E-state index contributed by atoms with van der Waals surface area (Å²) in [4.78, 5) is 0. The van der Waals surface area contributed by atoms with E-state index in [9.17, 15) is 5.11 Å². The van der Waals surface area contributed by atoms with Crippen molar-refractivity contribution in [1.29, 1.82) is 0 Å². The van der Waals surface area contributed by atoms with E-state index in [1.807, 2.05) is 6.92 Å². The van der Waals surface area contributed by atoms with Crippen molar-refractivity contribution in [2.45, 2.75) is 70.9 Å². The molecule has 0 spiro atoms. The summed E-state index contributed by atoms with van der Waals surface area (Å²) in [7, 11) is 0. The quantitative estimate of drug-likeness (QED) is 0.755. The van der Waals surface area contributed by atoms with E-state index in [-0.39, 0.29) is 5.41 Å². The van der Waals surface area contributed by atoms with Crippen molar-refractivity contribution in [3.63, 3.8) is 0 Å². The molecule has 0 heterocycles. The molecule has 0 radical (unpaired) electrons. The highest BCUT2D eigenvalue weighted by Gasteiger charge is 2.25. The standard InChI is InChI=1S/C18H31NO/c1-6-12-18(5,20)14-19-15(2)13-17(3,4)16-10-8-7-9-11-16/h7-11,15,19-20H,6,12-14H2,1-5H3. The van der Waals surface area contributed by atoms with Gasteiger partial charge >= 0.3 is 0 Å². The molecule has 0 fully saturated rings. The SMILES string of the molecule is CCCC(C)(O)CNC(C)CC(C)(C)c1ccccc1. The first-order valence-corrected chi connectivity index (χ1v) is 7.78. The maximum absolute atomic E-state index is 10.2. The zero-order chi connectivity index (χ0) is 15.2. The molecule has 0 saturated heterocycles. The molecule has 2 nitrogen and oxygen atoms in total. The molecule has 0 bridgehead atoms. The average Bonchev–Trinajstić information content (AvgIpc) is 2.37. The third-order valence-electron chi connectivity index (χ3n) is 3.99. The first kappa shape index (κ1) is 17.2. The zero-order valence-corrected chi connectivity index (χ0v) is 13.7. The molecule has 1 aromatic carbocycles. The summed E-state index contributed by atoms with van der Waals surface area (Å²) < 4.78 is 0. The van der Waals surface area contributed by atoms with Crippen LogP contribution in [0.2, 0.25) is 0 Å². The highest BCUT2D eigenvalue weighted by molar-refractivity contribution is 5.23. The predicted octanol–water partition coefficient (Wildman–Crippen LogP) is 3.88. The summed E-state index contributed by atoms with van der Waals surface area (Å²) in [5.41, 5.74) is 0.915. The number of hydrogen-bond acceptors (Lipinski definition) is 2. The van der Waals surface area contributed by atoms with Gasteiger partial charge in [0.1, 0.15) is 0 Å². The van der Waals surface area contributed by atoms with Gasteiger partial charge in [0.2, 0.25) is 0 Å². The van der Waals surface area contributed by atoms with Crippen LogP contribution >= 0.6 is 0 Å². The van der Waals surface area contributed by atoms with Gasteiger partial charge in [-0.15, -0.1) is 0 Å². The minimum atomic E-state index is -0.597.